The first-order valence-electron chi connectivity index (χ1n) is 8.73. The molecular weight excluding hydrogens is 374 g/mol. The molecule has 28 heavy (non-hydrogen) atoms. The number of benzene rings is 2. The first kappa shape index (κ1) is 18.2. The highest BCUT2D eigenvalue weighted by atomic mass is 32.1. The number of methoxy groups -OCH3 is 1. The fourth-order valence-electron chi connectivity index (χ4n) is 3.36. The third-order valence-electron chi connectivity index (χ3n) is 4.66. The lowest BCUT2D eigenvalue weighted by Crippen LogP contribution is -2.29. The van der Waals surface area contributed by atoms with Crippen LogP contribution in [0.25, 0.3) is 11.3 Å². The van der Waals surface area contributed by atoms with Gasteiger partial charge in [0.2, 0.25) is 0 Å². The van der Waals surface area contributed by atoms with Crippen LogP contribution in [0.15, 0.2) is 52.8 Å². The Kier molecular flexibility index (Phi) is 4.39. The Morgan fingerprint density at radius 2 is 1.96 bits per heavy atom. The molecule has 0 atom stereocenters. The highest BCUT2D eigenvalue weighted by molar-refractivity contribution is 7.12. The van der Waals surface area contributed by atoms with Crippen LogP contribution in [0.5, 0.6) is 5.75 Å². The second kappa shape index (κ2) is 6.76. The van der Waals surface area contributed by atoms with Gasteiger partial charge >= 0.3 is 5.97 Å². The lowest BCUT2D eigenvalue weighted by Gasteiger charge is -2.30. The van der Waals surface area contributed by atoms with E-state index in [1.54, 1.807) is 12.1 Å². The summed E-state index contributed by atoms with van der Waals surface area (Å²) in [6.45, 7) is 4.14. The predicted molar refractivity (Wildman–Crippen MR) is 111 cm³/mol. The minimum Gasteiger partial charge on any atom is -0.495 e. The van der Waals surface area contributed by atoms with Crippen molar-refractivity contribution in [1.29, 1.82) is 0 Å². The smallest absolute Gasteiger partial charge is 0.339 e. The average Bonchev–Trinajstić information content (AvgIpc) is 3.17. The van der Waals surface area contributed by atoms with Crippen molar-refractivity contribution >= 4 is 28.8 Å². The Bertz CT molecular complexity index is 1100. The van der Waals surface area contributed by atoms with E-state index in [1.165, 1.54) is 24.5 Å². The van der Waals surface area contributed by atoms with E-state index in [0.717, 1.165) is 16.3 Å². The van der Waals surface area contributed by atoms with Gasteiger partial charge in [0.1, 0.15) is 11.3 Å². The van der Waals surface area contributed by atoms with Gasteiger partial charge in [0.25, 0.3) is 0 Å². The Hall–Kier alpha value is -3.19. The van der Waals surface area contributed by atoms with Crippen molar-refractivity contribution < 1.29 is 14.6 Å². The zero-order valence-corrected chi connectivity index (χ0v) is 16.5. The molecule has 0 bridgehead atoms. The van der Waals surface area contributed by atoms with Crippen LogP contribution in [0, 0.1) is 0 Å². The number of aromatic nitrogens is 1. The molecule has 4 rings (SSSR count). The first-order valence-corrected chi connectivity index (χ1v) is 9.61. The van der Waals surface area contributed by atoms with Gasteiger partial charge in [0.15, 0.2) is 10.8 Å². The summed E-state index contributed by atoms with van der Waals surface area (Å²) in [7, 11) is 1.46. The largest absolute Gasteiger partial charge is 0.495 e. The molecule has 6 nitrogen and oxygen atoms in total. The minimum absolute atomic E-state index is 0.109. The molecule has 0 saturated carbocycles. The van der Waals surface area contributed by atoms with Gasteiger partial charge in [-0.15, -0.1) is 11.3 Å². The summed E-state index contributed by atoms with van der Waals surface area (Å²) in [5.74, 6) is -0.0322. The third kappa shape index (κ3) is 3.03. The normalized spacial score (nSPS) is 14.6. The van der Waals surface area contributed by atoms with E-state index in [1.807, 2.05) is 23.6 Å². The summed E-state index contributed by atoms with van der Waals surface area (Å²) in [5, 5.41) is 15.4. The van der Waals surface area contributed by atoms with Crippen LogP contribution in [0.2, 0.25) is 0 Å². The molecule has 1 aromatic heterocycles. The molecule has 2 N–H and O–H groups in total. The molecular formula is C21H19N3O3S. The molecule has 2 heterocycles. The number of carboxylic acids is 1. The Labute approximate surface area is 166 Å². The van der Waals surface area contributed by atoms with Crippen LogP contribution in [-0.4, -0.2) is 29.0 Å². The van der Waals surface area contributed by atoms with Gasteiger partial charge in [-0.2, -0.15) is 0 Å². The number of hydrogen-bond donors (Lipinski definition) is 2. The minimum atomic E-state index is -1.04. The number of anilines is 1. The lowest BCUT2D eigenvalue weighted by molar-refractivity contribution is 0.0693. The molecule has 1 aliphatic rings. The molecule has 142 valence electrons. The number of carboxylic acid groups (broad SMARTS) is 1. The van der Waals surface area contributed by atoms with Gasteiger partial charge in [-0.05, 0) is 32.0 Å². The van der Waals surface area contributed by atoms with E-state index in [4.69, 9.17) is 14.7 Å². The van der Waals surface area contributed by atoms with Crippen molar-refractivity contribution in [3.8, 4) is 17.0 Å². The van der Waals surface area contributed by atoms with Gasteiger partial charge in [0, 0.05) is 22.2 Å². The average molecular weight is 393 g/mol. The van der Waals surface area contributed by atoms with Crippen molar-refractivity contribution in [2.75, 3.05) is 12.4 Å². The highest BCUT2D eigenvalue weighted by Gasteiger charge is 2.29. The molecule has 1 aliphatic heterocycles. The van der Waals surface area contributed by atoms with E-state index >= 15 is 0 Å². The third-order valence-corrected chi connectivity index (χ3v) is 5.51. The van der Waals surface area contributed by atoms with Crippen LogP contribution in [-0.2, 0) is 5.54 Å². The van der Waals surface area contributed by atoms with Crippen molar-refractivity contribution in [3.63, 3.8) is 0 Å². The van der Waals surface area contributed by atoms with E-state index in [2.05, 4.69) is 25.2 Å². The van der Waals surface area contributed by atoms with Gasteiger partial charge in [0.05, 0.1) is 18.3 Å². The number of thiazole rings is 1. The topological polar surface area (TPSA) is 83.8 Å². The standard InChI is InChI=1S/C21H19N3O3S/c1-21(2)14-9-4-5-10-15(14)22-18(24-21)19-23-16(11-28-19)12-7-6-8-13(20(25)26)17(12)27-3/h4-11H,1-3H3,(H,22,24)(H,25,26). The van der Waals surface area contributed by atoms with Crippen LogP contribution < -0.4 is 10.1 Å². The van der Waals surface area contributed by atoms with Gasteiger partial charge < -0.3 is 15.2 Å². The van der Waals surface area contributed by atoms with Gasteiger partial charge in [-0.1, -0.05) is 24.3 Å². The van der Waals surface area contributed by atoms with Crippen molar-refractivity contribution in [1.82, 2.24) is 4.98 Å². The van der Waals surface area contributed by atoms with Gasteiger partial charge in [-0.25, -0.2) is 9.78 Å². The number of ether oxygens (including phenoxy) is 1. The molecule has 0 aliphatic carbocycles. The number of nitrogens with one attached hydrogen (secondary N) is 1. The fraction of sp³-hybridized carbons (Fsp3) is 0.190. The maximum absolute atomic E-state index is 11.5. The summed E-state index contributed by atoms with van der Waals surface area (Å²) in [6.07, 6.45) is 0. The van der Waals surface area contributed by atoms with Crippen molar-refractivity contribution in [2.24, 2.45) is 4.99 Å². The SMILES string of the molecule is COc1c(C(=O)O)cccc1-c1csc(C2=NC(C)(C)c3ccccc3N2)n1. The number of hydrogen-bond acceptors (Lipinski definition) is 6. The molecule has 2 aromatic carbocycles. The zero-order valence-electron chi connectivity index (χ0n) is 15.7. The number of nitrogens with zero attached hydrogens (tertiary/aromatic N) is 2. The number of carbonyl (C=O) groups is 1. The molecule has 0 unspecified atom stereocenters. The molecule has 0 amide bonds. The summed E-state index contributed by atoms with van der Waals surface area (Å²) >= 11 is 1.45. The van der Waals surface area contributed by atoms with E-state index in [-0.39, 0.29) is 11.1 Å². The maximum Gasteiger partial charge on any atom is 0.339 e. The maximum atomic E-state index is 11.5. The number of aliphatic imine (C=N–C) groups is 1. The summed E-state index contributed by atoms with van der Waals surface area (Å²) in [4.78, 5) is 21.0. The van der Waals surface area contributed by atoms with E-state index < -0.39 is 5.97 Å². The monoisotopic (exact) mass is 393 g/mol. The van der Waals surface area contributed by atoms with Gasteiger partial charge in [-0.3, -0.25) is 4.99 Å². The van der Waals surface area contributed by atoms with Crippen LogP contribution >= 0.6 is 11.3 Å². The quantitative estimate of drug-likeness (QED) is 0.675. The molecule has 3 aromatic rings. The molecule has 0 spiro atoms. The summed E-state index contributed by atoms with van der Waals surface area (Å²) < 4.78 is 5.36. The number of rotatable bonds is 4. The lowest BCUT2D eigenvalue weighted by atomic mass is 9.92. The zero-order chi connectivity index (χ0) is 19.9. The van der Waals surface area contributed by atoms with Crippen molar-refractivity contribution in [2.45, 2.75) is 19.4 Å². The van der Waals surface area contributed by atoms with E-state index in [0.29, 0.717) is 22.8 Å². The molecule has 7 heteroatoms. The molecule has 0 fully saturated rings. The molecule has 0 saturated heterocycles. The second-order valence-electron chi connectivity index (χ2n) is 6.92. The van der Waals surface area contributed by atoms with Crippen LogP contribution in [0.1, 0.15) is 34.8 Å². The Morgan fingerprint density at radius 3 is 2.71 bits per heavy atom. The number of aromatic carboxylic acids is 1. The van der Waals surface area contributed by atoms with Crippen LogP contribution in [0.4, 0.5) is 5.69 Å². The summed E-state index contributed by atoms with van der Waals surface area (Å²) in [6, 6.07) is 13.1. The Balaban J connectivity index is 1.75. The Morgan fingerprint density at radius 1 is 1.18 bits per heavy atom. The summed E-state index contributed by atoms with van der Waals surface area (Å²) in [5.41, 5.74) is 3.18. The molecule has 0 radical (unpaired) electrons. The van der Waals surface area contributed by atoms with Crippen molar-refractivity contribution in [3.05, 3.63) is 64.0 Å². The highest BCUT2D eigenvalue weighted by Crippen LogP contribution is 2.37. The fourth-order valence-corrected chi connectivity index (χ4v) is 4.12. The van der Waals surface area contributed by atoms with Crippen LogP contribution in [0.3, 0.4) is 0 Å². The predicted octanol–water partition coefficient (Wildman–Crippen LogP) is 4.62. The number of fused-ring (bicyclic) bond motifs is 1. The number of para-hydroxylation sites is 2. The second-order valence-corrected chi connectivity index (χ2v) is 7.78. The van der Waals surface area contributed by atoms with E-state index in [9.17, 15) is 9.90 Å². The first-order chi connectivity index (χ1) is 13.4. The number of amidine groups is 1.